The zero-order valence-electron chi connectivity index (χ0n) is 13.3. The van der Waals surface area contributed by atoms with Crippen LogP contribution in [0, 0.1) is 0 Å². The van der Waals surface area contributed by atoms with Gasteiger partial charge in [0.2, 0.25) is 0 Å². The molecule has 1 aromatic carbocycles. The van der Waals surface area contributed by atoms with Crippen molar-refractivity contribution >= 4 is 45.9 Å². The van der Waals surface area contributed by atoms with Crippen LogP contribution >= 0.6 is 0 Å². The highest BCUT2D eigenvalue weighted by Gasteiger charge is 2.15. The Labute approximate surface area is 149 Å². The maximum Gasteiger partial charge on any atom is 0.376 e. The highest BCUT2D eigenvalue weighted by Crippen LogP contribution is 2.18. The summed E-state index contributed by atoms with van der Waals surface area (Å²) in [6, 6.07) is 3.79. The lowest BCUT2D eigenvalue weighted by Gasteiger charge is -2.05. The lowest BCUT2D eigenvalue weighted by Crippen LogP contribution is -2.13. The number of aliphatic hydroxyl groups is 2. The summed E-state index contributed by atoms with van der Waals surface area (Å²) < 4.78 is 0. The number of nitrogens with one attached hydrogen (secondary N) is 1. The monoisotopic (exact) mass is 373 g/mol. The fourth-order valence-electron chi connectivity index (χ4n) is 2.10. The van der Waals surface area contributed by atoms with Crippen LogP contribution in [0.4, 0.5) is 0 Å². The predicted molar refractivity (Wildman–Crippen MR) is 91.1 cm³/mol. The number of carboxylic acids is 2. The van der Waals surface area contributed by atoms with Crippen molar-refractivity contribution in [3.8, 4) is 0 Å². The minimum Gasteiger partial charge on any atom is -0.507 e. The van der Waals surface area contributed by atoms with Gasteiger partial charge in [-0.25, -0.2) is 9.59 Å². The molecule has 0 aliphatic rings. The fraction of sp³-hybridized carbons (Fsp3) is 0. The van der Waals surface area contributed by atoms with Gasteiger partial charge in [-0.3, -0.25) is 14.4 Å². The van der Waals surface area contributed by atoms with Crippen LogP contribution < -0.4 is 5.43 Å². The molecule has 0 fully saturated rings. The van der Waals surface area contributed by atoms with E-state index in [1.807, 2.05) is 0 Å². The van der Waals surface area contributed by atoms with Gasteiger partial charge in [-0.1, -0.05) is 0 Å². The van der Waals surface area contributed by atoms with Gasteiger partial charge in [0, 0.05) is 34.8 Å². The summed E-state index contributed by atoms with van der Waals surface area (Å²) in [5.41, 5.74) is -0.985. The van der Waals surface area contributed by atoms with Crippen molar-refractivity contribution in [2.24, 2.45) is 0 Å². The van der Waals surface area contributed by atoms with Crippen molar-refractivity contribution in [3.05, 3.63) is 57.9 Å². The second-order valence-electron chi connectivity index (χ2n) is 5.19. The molecule has 27 heavy (non-hydrogen) atoms. The molecule has 0 atom stereocenters. The molecule has 2 aromatic rings. The Morgan fingerprint density at radius 3 is 1.96 bits per heavy atom. The number of aromatic amines is 1. The van der Waals surface area contributed by atoms with Crippen LogP contribution in [0.5, 0.6) is 0 Å². The van der Waals surface area contributed by atoms with Crippen LogP contribution in [0.2, 0.25) is 0 Å². The molecule has 0 amide bonds. The molecule has 0 aliphatic carbocycles. The van der Waals surface area contributed by atoms with E-state index in [1.165, 1.54) is 12.1 Å². The third-order valence-electron chi connectivity index (χ3n) is 3.41. The molecule has 2 rings (SSSR count). The first-order chi connectivity index (χ1) is 12.6. The van der Waals surface area contributed by atoms with E-state index < -0.39 is 46.0 Å². The number of fused-ring (bicyclic) bond motifs is 1. The van der Waals surface area contributed by atoms with Crippen LogP contribution in [-0.4, -0.2) is 48.9 Å². The topological polar surface area (TPSA) is 182 Å². The Kier molecular flexibility index (Phi) is 5.21. The number of pyridine rings is 1. The van der Waals surface area contributed by atoms with Crippen LogP contribution in [0.15, 0.2) is 41.3 Å². The third kappa shape index (κ3) is 4.07. The number of hydrogen-bond acceptors (Lipinski definition) is 7. The molecule has 0 saturated heterocycles. The summed E-state index contributed by atoms with van der Waals surface area (Å²) in [6.07, 6.45) is 1.89. The second kappa shape index (κ2) is 7.35. The van der Waals surface area contributed by atoms with E-state index in [0.29, 0.717) is 12.2 Å². The highest BCUT2D eigenvalue weighted by molar-refractivity contribution is 6.39. The number of carboxylic acid groups (broad SMARTS) is 2. The van der Waals surface area contributed by atoms with Gasteiger partial charge < -0.3 is 25.4 Å². The Bertz CT molecular complexity index is 1100. The number of ketones is 2. The minimum atomic E-state index is -1.82. The third-order valence-corrected chi connectivity index (χ3v) is 3.41. The summed E-state index contributed by atoms with van der Waals surface area (Å²) >= 11 is 0. The fourth-order valence-corrected chi connectivity index (χ4v) is 2.10. The number of carbonyl (C=O) groups is 4. The van der Waals surface area contributed by atoms with Gasteiger partial charge in [0.15, 0.2) is 5.43 Å². The molecule has 0 radical (unpaired) electrons. The first kappa shape index (κ1) is 19.1. The molecule has 138 valence electrons. The predicted octanol–water partition coefficient (Wildman–Crippen LogP) is 0.633. The lowest BCUT2D eigenvalue weighted by molar-refractivity contribution is -0.146. The van der Waals surface area contributed by atoms with Crippen molar-refractivity contribution in [1.82, 2.24) is 4.98 Å². The van der Waals surface area contributed by atoms with Crippen molar-refractivity contribution in [2.45, 2.75) is 0 Å². The zero-order chi connectivity index (χ0) is 20.3. The van der Waals surface area contributed by atoms with Gasteiger partial charge in [0.1, 0.15) is 11.5 Å². The van der Waals surface area contributed by atoms with Gasteiger partial charge in [0.05, 0.1) is 5.56 Å². The van der Waals surface area contributed by atoms with Crippen LogP contribution in [0.3, 0.4) is 0 Å². The van der Waals surface area contributed by atoms with E-state index in [1.54, 1.807) is 0 Å². The minimum absolute atomic E-state index is 0.0511. The summed E-state index contributed by atoms with van der Waals surface area (Å²) in [6.45, 7) is 0. The first-order valence-corrected chi connectivity index (χ1v) is 7.14. The average Bonchev–Trinajstić information content (AvgIpc) is 2.61. The lowest BCUT2D eigenvalue weighted by atomic mass is 10.1. The van der Waals surface area contributed by atoms with Gasteiger partial charge in [-0.05, 0) is 18.2 Å². The Morgan fingerprint density at radius 2 is 1.41 bits per heavy atom. The van der Waals surface area contributed by atoms with Crippen molar-refractivity contribution in [2.75, 3.05) is 0 Å². The number of hydrogen-bond donors (Lipinski definition) is 5. The van der Waals surface area contributed by atoms with E-state index in [-0.39, 0.29) is 16.5 Å². The Hall–Kier alpha value is -4.21. The van der Waals surface area contributed by atoms with Crippen molar-refractivity contribution in [1.29, 1.82) is 0 Å². The molecule has 1 heterocycles. The summed E-state index contributed by atoms with van der Waals surface area (Å²) in [5.74, 6) is -7.98. The van der Waals surface area contributed by atoms with Crippen molar-refractivity contribution in [3.63, 3.8) is 0 Å². The SMILES string of the molecule is O=C(O)C(=O)/C=C(\O)c1ccc2[nH]cc(/C(O)=C/C(=O)C(=O)O)c(=O)c2c1. The number of benzene rings is 1. The molecule has 0 saturated carbocycles. The smallest absolute Gasteiger partial charge is 0.376 e. The van der Waals surface area contributed by atoms with Gasteiger partial charge in [-0.15, -0.1) is 0 Å². The number of rotatable bonds is 6. The first-order valence-electron chi connectivity index (χ1n) is 7.14. The molecule has 0 bridgehead atoms. The molecule has 0 spiro atoms. The number of aliphatic hydroxyl groups excluding tert-OH is 2. The maximum absolute atomic E-state index is 12.5. The van der Waals surface area contributed by atoms with Crippen LogP contribution in [-0.2, 0) is 19.2 Å². The standard InChI is InChI=1S/C17H11NO9/c19-11(4-13(21)16(24)25)7-1-2-10-8(3-7)15(23)9(6-18-10)12(20)5-14(22)17(26)27/h1-6,19-20H,(H,18,23)(H,24,25)(H,26,27)/b11-4-,12-5-. The molecule has 10 heteroatoms. The van der Waals surface area contributed by atoms with E-state index in [4.69, 9.17) is 10.2 Å². The quantitative estimate of drug-likeness (QED) is 0.275. The van der Waals surface area contributed by atoms with Gasteiger partial charge >= 0.3 is 11.9 Å². The molecule has 0 aliphatic heterocycles. The van der Waals surface area contributed by atoms with E-state index >= 15 is 0 Å². The summed E-state index contributed by atoms with van der Waals surface area (Å²) in [5, 5.41) is 36.7. The van der Waals surface area contributed by atoms with Gasteiger partial charge in [-0.2, -0.15) is 0 Å². The van der Waals surface area contributed by atoms with Crippen LogP contribution in [0.1, 0.15) is 11.1 Å². The van der Waals surface area contributed by atoms with Crippen LogP contribution in [0.25, 0.3) is 22.4 Å². The number of carbonyl (C=O) groups excluding carboxylic acids is 2. The summed E-state index contributed by atoms with van der Waals surface area (Å²) in [4.78, 5) is 58.4. The van der Waals surface area contributed by atoms with E-state index in [9.17, 15) is 34.2 Å². The maximum atomic E-state index is 12.5. The second-order valence-corrected chi connectivity index (χ2v) is 5.19. The molecule has 0 unspecified atom stereocenters. The molecule has 1 aromatic heterocycles. The summed E-state index contributed by atoms with van der Waals surface area (Å²) in [7, 11) is 0. The largest absolute Gasteiger partial charge is 0.507 e. The van der Waals surface area contributed by atoms with Gasteiger partial charge in [0.25, 0.3) is 11.6 Å². The molecular weight excluding hydrogens is 362 g/mol. The number of aliphatic carboxylic acids is 2. The van der Waals surface area contributed by atoms with Crippen molar-refractivity contribution < 1.29 is 39.6 Å². The average molecular weight is 373 g/mol. The zero-order valence-corrected chi connectivity index (χ0v) is 13.3. The highest BCUT2D eigenvalue weighted by atomic mass is 16.4. The normalized spacial score (nSPS) is 12.0. The molecule has 10 nitrogen and oxygen atoms in total. The van der Waals surface area contributed by atoms with E-state index in [2.05, 4.69) is 4.98 Å². The Morgan fingerprint density at radius 1 is 0.852 bits per heavy atom. The molecular formula is C17H11NO9. The van der Waals surface area contributed by atoms with E-state index in [0.717, 1.165) is 12.3 Å². The number of aromatic nitrogens is 1. The molecule has 5 N–H and O–H groups in total. The number of H-pyrrole nitrogens is 1. The Balaban J connectivity index is 2.58.